The SMILES string of the molecule is CC(C)NC(=O)O[C@H]1CO[C@@H](c2cc(Nc3nccn4nc(C(F)(F)F)cc34)n[nH]2)[C@H]1F. The van der Waals surface area contributed by atoms with Gasteiger partial charge in [-0.1, -0.05) is 0 Å². The van der Waals surface area contributed by atoms with Crippen LogP contribution in [0, 0.1) is 0 Å². The molecule has 0 aliphatic carbocycles. The summed E-state index contributed by atoms with van der Waals surface area (Å²) in [6, 6.07) is 2.12. The van der Waals surface area contributed by atoms with E-state index in [1.807, 2.05) is 0 Å². The lowest BCUT2D eigenvalue weighted by atomic mass is 10.1. The van der Waals surface area contributed by atoms with Gasteiger partial charge in [0.1, 0.15) is 11.6 Å². The van der Waals surface area contributed by atoms with Gasteiger partial charge < -0.3 is 20.1 Å². The molecule has 14 heteroatoms. The van der Waals surface area contributed by atoms with Crippen molar-refractivity contribution < 1.29 is 31.8 Å². The van der Waals surface area contributed by atoms with Crippen molar-refractivity contribution in [2.45, 2.75) is 44.4 Å². The first-order chi connectivity index (χ1) is 15.1. The minimum Gasteiger partial charge on any atom is -0.441 e. The van der Waals surface area contributed by atoms with Gasteiger partial charge in [0.25, 0.3) is 0 Å². The average Bonchev–Trinajstić information content (AvgIpc) is 3.40. The number of nitrogens with one attached hydrogen (secondary N) is 3. The lowest BCUT2D eigenvalue weighted by molar-refractivity contribution is -0.141. The van der Waals surface area contributed by atoms with E-state index in [0.717, 1.165) is 10.6 Å². The van der Waals surface area contributed by atoms with Gasteiger partial charge in [-0.15, -0.1) is 0 Å². The van der Waals surface area contributed by atoms with Crippen molar-refractivity contribution in [2.75, 3.05) is 11.9 Å². The van der Waals surface area contributed by atoms with Gasteiger partial charge in [-0.3, -0.25) is 5.10 Å². The summed E-state index contributed by atoms with van der Waals surface area (Å²) in [4.78, 5) is 15.7. The van der Waals surface area contributed by atoms with E-state index in [0.29, 0.717) is 0 Å². The molecule has 1 aliphatic heterocycles. The molecule has 0 saturated carbocycles. The molecular weight excluding hydrogens is 438 g/mol. The van der Waals surface area contributed by atoms with Crippen LogP contribution in [0.1, 0.15) is 31.3 Å². The van der Waals surface area contributed by atoms with E-state index in [1.54, 1.807) is 13.8 Å². The first-order valence-corrected chi connectivity index (χ1v) is 9.58. The highest BCUT2D eigenvalue weighted by atomic mass is 19.4. The molecule has 3 atom stereocenters. The predicted octanol–water partition coefficient (Wildman–Crippen LogP) is 3.13. The smallest absolute Gasteiger partial charge is 0.435 e. The number of hydrogen-bond acceptors (Lipinski definition) is 7. The number of amides is 1. The molecule has 0 unspecified atom stereocenters. The van der Waals surface area contributed by atoms with Gasteiger partial charge in [0, 0.05) is 30.6 Å². The second kappa shape index (κ2) is 8.26. The van der Waals surface area contributed by atoms with E-state index in [-0.39, 0.29) is 35.5 Å². The normalized spacial score (nSPS) is 21.3. The molecule has 3 aromatic rings. The number of aromatic nitrogens is 5. The maximum absolute atomic E-state index is 14.8. The van der Waals surface area contributed by atoms with Crippen molar-refractivity contribution in [3.05, 3.63) is 35.9 Å². The summed E-state index contributed by atoms with van der Waals surface area (Å²) >= 11 is 0. The molecule has 0 radical (unpaired) electrons. The van der Waals surface area contributed by atoms with Gasteiger partial charge in [-0.25, -0.2) is 18.7 Å². The molecule has 32 heavy (non-hydrogen) atoms. The minimum atomic E-state index is -4.61. The number of halogens is 4. The fourth-order valence-electron chi connectivity index (χ4n) is 3.17. The maximum Gasteiger partial charge on any atom is 0.435 e. The lowest BCUT2D eigenvalue weighted by Crippen LogP contribution is -2.36. The van der Waals surface area contributed by atoms with Crippen molar-refractivity contribution in [1.29, 1.82) is 0 Å². The molecule has 3 N–H and O–H groups in total. The van der Waals surface area contributed by atoms with Crippen LogP contribution >= 0.6 is 0 Å². The Hall–Kier alpha value is -3.42. The van der Waals surface area contributed by atoms with Crippen LogP contribution < -0.4 is 10.6 Å². The van der Waals surface area contributed by atoms with Gasteiger partial charge in [0.05, 0.1) is 12.3 Å². The molecular formula is C18H19F4N7O3. The third kappa shape index (κ3) is 4.44. The van der Waals surface area contributed by atoms with Gasteiger partial charge >= 0.3 is 12.3 Å². The molecule has 1 amide bonds. The first kappa shape index (κ1) is 21.8. The number of H-pyrrole nitrogens is 1. The molecule has 10 nitrogen and oxygen atoms in total. The van der Waals surface area contributed by atoms with Crippen molar-refractivity contribution >= 4 is 23.2 Å². The number of carbonyl (C=O) groups is 1. The molecule has 0 aromatic carbocycles. The number of hydrogen-bond donors (Lipinski definition) is 3. The number of rotatable bonds is 5. The summed E-state index contributed by atoms with van der Waals surface area (Å²) in [5.41, 5.74) is -0.732. The highest BCUT2D eigenvalue weighted by Gasteiger charge is 2.42. The van der Waals surface area contributed by atoms with Gasteiger partial charge in [-0.05, 0) is 13.8 Å². The summed E-state index contributed by atoms with van der Waals surface area (Å²) in [6.45, 7) is 3.34. The third-order valence-electron chi connectivity index (χ3n) is 4.58. The lowest BCUT2D eigenvalue weighted by Gasteiger charge is -2.16. The van der Waals surface area contributed by atoms with Crippen LogP contribution in [0.5, 0.6) is 0 Å². The number of alkyl carbamates (subject to hydrolysis) is 1. The number of anilines is 2. The zero-order chi connectivity index (χ0) is 23.0. The Balaban J connectivity index is 1.47. The Labute approximate surface area is 178 Å². The molecule has 4 rings (SSSR count). The van der Waals surface area contributed by atoms with Gasteiger partial charge in [-0.2, -0.15) is 23.4 Å². The van der Waals surface area contributed by atoms with E-state index < -0.39 is 36.3 Å². The molecule has 4 heterocycles. The average molecular weight is 457 g/mol. The maximum atomic E-state index is 14.8. The standard InChI is InChI=1S/C18H19F4N7O3/c1-8(2)24-17(30)32-11-7-31-15(14(11)19)9-5-13(27-26-9)25-16-10-6-12(18(20,21)22)28-29(10)4-3-23-16/h3-6,8,11,14-15H,7H2,1-2H3,(H,24,30)(H2,23,25,26,27)/t11-,14-,15-/m0/s1. The molecule has 0 spiro atoms. The van der Waals surface area contributed by atoms with Crippen LogP contribution in [0.2, 0.25) is 0 Å². The number of aromatic amines is 1. The summed E-state index contributed by atoms with van der Waals surface area (Å²) < 4.78 is 65.1. The fourth-order valence-corrected chi connectivity index (χ4v) is 3.17. The number of nitrogens with zero attached hydrogens (tertiary/aromatic N) is 4. The topological polar surface area (TPSA) is 118 Å². The Bertz CT molecular complexity index is 1110. The number of fused-ring (bicyclic) bond motifs is 1. The van der Waals surface area contributed by atoms with Crippen molar-refractivity contribution in [3.8, 4) is 0 Å². The highest BCUT2D eigenvalue weighted by Crippen LogP contribution is 2.34. The summed E-state index contributed by atoms with van der Waals surface area (Å²) in [5, 5.41) is 15.4. The summed E-state index contributed by atoms with van der Waals surface area (Å²) in [5.74, 6) is 0.248. The number of carbonyl (C=O) groups excluding carboxylic acids is 1. The quantitative estimate of drug-likeness (QED) is 0.504. The Morgan fingerprint density at radius 3 is 2.88 bits per heavy atom. The first-order valence-electron chi connectivity index (χ1n) is 9.58. The third-order valence-corrected chi connectivity index (χ3v) is 4.58. The van der Waals surface area contributed by atoms with E-state index >= 15 is 0 Å². The molecule has 0 bridgehead atoms. The van der Waals surface area contributed by atoms with Crippen molar-refractivity contribution in [3.63, 3.8) is 0 Å². The zero-order valence-electron chi connectivity index (χ0n) is 16.9. The minimum absolute atomic E-state index is 0.0734. The van der Waals surface area contributed by atoms with Gasteiger partial charge in [0.15, 0.2) is 29.6 Å². The largest absolute Gasteiger partial charge is 0.441 e. The van der Waals surface area contributed by atoms with Gasteiger partial charge in [0.2, 0.25) is 0 Å². The second-order valence-electron chi connectivity index (χ2n) is 7.41. The zero-order valence-corrected chi connectivity index (χ0v) is 16.9. The Morgan fingerprint density at radius 2 is 2.16 bits per heavy atom. The number of ether oxygens (including phenoxy) is 2. The van der Waals surface area contributed by atoms with Crippen LogP contribution in [-0.4, -0.2) is 55.8 Å². The predicted molar refractivity (Wildman–Crippen MR) is 102 cm³/mol. The monoisotopic (exact) mass is 457 g/mol. The van der Waals surface area contributed by atoms with E-state index in [2.05, 4.69) is 30.9 Å². The van der Waals surface area contributed by atoms with Crippen molar-refractivity contribution in [2.24, 2.45) is 0 Å². The molecule has 1 saturated heterocycles. The molecule has 1 fully saturated rings. The van der Waals surface area contributed by atoms with Crippen LogP contribution in [0.15, 0.2) is 24.5 Å². The summed E-state index contributed by atoms with van der Waals surface area (Å²) in [7, 11) is 0. The molecule has 3 aromatic heterocycles. The fraction of sp³-hybridized carbons (Fsp3) is 0.444. The van der Waals surface area contributed by atoms with Crippen LogP contribution in [-0.2, 0) is 15.7 Å². The number of alkyl halides is 4. The van der Waals surface area contributed by atoms with Crippen molar-refractivity contribution in [1.82, 2.24) is 30.1 Å². The molecule has 1 aliphatic rings. The summed E-state index contributed by atoms with van der Waals surface area (Å²) in [6.07, 6.45) is -6.61. The van der Waals surface area contributed by atoms with E-state index in [1.165, 1.54) is 18.5 Å². The van der Waals surface area contributed by atoms with Crippen LogP contribution in [0.4, 0.5) is 34.0 Å². The Morgan fingerprint density at radius 1 is 1.38 bits per heavy atom. The van der Waals surface area contributed by atoms with Crippen LogP contribution in [0.3, 0.4) is 0 Å². The highest BCUT2D eigenvalue weighted by molar-refractivity contribution is 5.72. The van der Waals surface area contributed by atoms with Crippen LogP contribution in [0.25, 0.3) is 5.52 Å². The second-order valence-corrected chi connectivity index (χ2v) is 7.41. The van der Waals surface area contributed by atoms with E-state index in [4.69, 9.17) is 9.47 Å². The molecule has 172 valence electrons. The Kier molecular flexibility index (Phi) is 5.62. The van der Waals surface area contributed by atoms with E-state index in [9.17, 15) is 22.4 Å².